The number of carboxylic acid groups (broad SMARTS) is 1. The molecule has 0 aliphatic heterocycles. The number of nitrogens with zero attached hydrogens (tertiary/aromatic N) is 1. The van der Waals surface area contributed by atoms with E-state index in [1.54, 1.807) is 0 Å². The van der Waals surface area contributed by atoms with Gasteiger partial charge in [-0.3, -0.25) is 4.79 Å². The molecule has 1 heterocycles. The number of benzene rings is 1. The van der Waals surface area contributed by atoms with Gasteiger partial charge in [-0.15, -0.1) is 0 Å². The molecule has 0 amide bonds. The van der Waals surface area contributed by atoms with E-state index in [0.717, 1.165) is 5.69 Å². The number of hydrogen-bond acceptors (Lipinski definition) is 2. The van der Waals surface area contributed by atoms with Gasteiger partial charge in [-0.2, -0.15) is 0 Å². The molecule has 1 aromatic heterocycles. The van der Waals surface area contributed by atoms with Crippen LogP contribution in [-0.4, -0.2) is 15.6 Å². The molecule has 0 radical (unpaired) electrons. The third-order valence-electron chi connectivity index (χ3n) is 3.74. The van der Waals surface area contributed by atoms with E-state index in [9.17, 15) is 19.1 Å². The monoisotopic (exact) mass is 317 g/mol. The Morgan fingerprint density at radius 1 is 1.13 bits per heavy atom. The average molecular weight is 317 g/mol. The molecule has 2 aromatic rings. The maximum atomic E-state index is 13.2. The van der Waals surface area contributed by atoms with Crippen LogP contribution in [0.1, 0.15) is 55.7 Å². The lowest BCUT2D eigenvalue weighted by atomic mass is 9.94. The van der Waals surface area contributed by atoms with Gasteiger partial charge in [-0.25, -0.2) is 9.18 Å². The van der Waals surface area contributed by atoms with E-state index in [0.29, 0.717) is 11.1 Å². The Kier molecular flexibility index (Phi) is 4.68. The summed E-state index contributed by atoms with van der Waals surface area (Å²) in [5.41, 5.74) is 0.792. The molecule has 0 fully saturated rings. The predicted molar refractivity (Wildman–Crippen MR) is 87.5 cm³/mol. The Balaban J connectivity index is 2.93. The Morgan fingerprint density at radius 3 is 2.13 bits per heavy atom. The molecule has 0 unspecified atom stereocenters. The van der Waals surface area contributed by atoms with Crippen molar-refractivity contribution in [2.45, 2.75) is 39.7 Å². The van der Waals surface area contributed by atoms with Crippen molar-refractivity contribution in [3.63, 3.8) is 0 Å². The summed E-state index contributed by atoms with van der Waals surface area (Å²) in [6, 6.07) is 5.55. The molecule has 23 heavy (non-hydrogen) atoms. The number of hydrogen-bond donors (Lipinski definition) is 1. The highest BCUT2D eigenvalue weighted by atomic mass is 19.1. The zero-order valence-electron chi connectivity index (χ0n) is 13.6. The van der Waals surface area contributed by atoms with Crippen molar-refractivity contribution in [1.82, 2.24) is 4.57 Å². The normalized spacial score (nSPS) is 11.3. The van der Waals surface area contributed by atoms with E-state index in [1.165, 1.54) is 30.5 Å². The van der Waals surface area contributed by atoms with Gasteiger partial charge < -0.3 is 9.67 Å². The number of rotatable bonds is 4. The maximum absolute atomic E-state index is 13.2. The summed E-state index contributed by atoms with van der Waals surface area (Å²) < 4.78 is 15.0. The van der Waals surface area contributed by atoms with Crippen LogP contribution in [0.25, 0.3) is 11.1 Å². The van der Waals surface area contributed by atoms with E-state index < -0.39 is 17.2 Å². The summed E-state index contributed by atoms with van der Waals surface area (Å²) in [5, 5.41) is 9.34. The van der Waals surface area contributed by atoms with Crippen LogP contribution in [0.4, 0.5) is 4.39 Å². The lowest BCUT2D eigenvalue weighted by molar-refractivity contribution is 0.0694. The first-order valence-corrected chi connectivity index (χ1v) is 7.52. The minimum absolute atomic E-state index is 0.00741. The molecular weight excluding hydrogens is 297 g/mol. The first kappa shape index (κ1) is 16.9. The summed E-state index contributed by atoms with van der Waals surface area (Å²) in [5.74, 6) is -1.66. The quantitative estimate of drug-likeness (QED) is 0.925. The van der Waals surface area contributed by atoms with Crippen molar-refractivity contribution in [3.8, 4) is 11.1 Å². The van der Waals surface area contributed by atoms with E-state index in [2.05, 4.69) is 0 Å². The van der Waals surface area contributed by atoms with Crippen LogP contribution in [0.15, 0.2) is 35.3 Å². The van der Waals surface area contributed by atoms with E-state index in [1.807, 2.05) is 32.3 Å². The summed E-state index contributed by atoms with van der Waals surface area (Å²) in [6.07, 6.45) is 1.40. The van der Waals surface area contributed by atoms with Crippen molar-refractivity contribution < 1.29 is 14.3 Å². The van der Waals surface area contributed by atoms with Crippen LogP contribution in [0.5, 0.6) is 0 Å². The second kappa shape index (κ2) is 6.36. The van der Waals surface area contributed by atoms with Gasteiger partial charge in [0.25, 0.3) is 0 Å². The number of carboxylic acids is 1. The molecule has 0 bridgehead atoms. The van der Waals surface area contributed by atoms with Gasteiger partial charge in [-0.05, 0) is 37.5 Å². The van der Waals surface area contributed by atoms with Crippen molar-refractivity contribution in [3.05, 3.63) is 57.8 Å². The van der Waals surface area contributed by atoms with E-state index in [-0.39, 0.29) is 17.5 Å². The Labute approximate surface area is 134 Å². The molecule has 2 rings (SSSR count). The fraction of sp³-hybridized carbons (Fsp3) is 0.333. The van der Waals surface area contributed by atoms with Gasteiger partial charge >= 0.3 is 5.97 Å². The van der Waals surface area contributed by atoms with E-state index >= 15 is 0 Å². The molecule has 4 nitrogen and oxygen atoms in total. The SMILES string of the molecule is CC(C)c1c(-c2ccc(F)cc2)c(=O)c(C(=O)O)cn1C(C)C. The van der Waals surface area contributed by atoms with Crippen LogP contribution < -0.4 is 5.43 Å². The lowest BCUT2D eigenvalue weighted by Gasteiger charge is -2.24. The number of carbonyl (C=O) groups is 1. The van der Waals surface area contributed by atoms with Crippen LogP contribution in [0.3, 0.4) is 0 Å². The fourth-order valence-corrected chi connectivity index (χ4v) is 2.71. The molecule has 5 heteroatoms. The largest absolute Gasteiger partial charge is 0.477 e. The molecule has 122 valence electrons. The van der Waals surface area contributed by atoms with Crippen molar-refractivity contribution in [2.24, 2.45) is 0 Å². The molecular formula is C18H20FNO3. The summed E-state index contributed by atoms with van der Waals surface area (Å²) in [4.78, 5) is 24.2. The van der Waals surface area contributed by atoms with Crippen LogP contribution in [-0.2, 0) is 0 Å². The smallest absolute Gasteiger partial charge is 0.341 e. The molecule has 0 saturated heterocycles. The second-order valence-corrected chi connectivity index (χ2v) is 6.10. The molecule has 0 spiro atoms. The number of pyridine rings is 1. The van der Waals surface area contributed by atoms with Crippen LogP contribution in [0, 0.1) is 5.82 Å². The highest BCUT2D eigenvalue weighted by Gasteiger charge is 2.23. The molecule has 0 atom stereocenters. The third-order valence-corrected chi connectivity index (χ3v) is 3.74. The maximum Gasteiger partial charge on any atom is 0.341 e. The van der Waals surface area contributed by atoms with Gasteiger partial charge in [0.2, 0.25) is 5.43 Å². The minimum atomic E-state index is -1.26. The number of halogens is 1. The second-order valence-electron chi connectivity index (χ2n) is 6.10. The van der Waals surface area contributed by atoms with Gasteiger partial charge in [-0.1, -0.05) is 26.0 Å². The van der Waals surface area contributed by atoms with Crippen LogP contribution in [0.2, 0.25) is 0 Å². The van der Waals surface area contributed by atoms with Crippen molar-refractivity contribution >= 4 is 5.97 Å². The summed E-state index contributed by atoms with van der Waals surface area (Å²) in [7, 11) is 0. The predicted octanol–water partition coefficient (Wildman–Crippen LogP) is 4.06. The standard InChI is InChI=1S/C18H20FNO3/c1-10(2)16-15(12-5-7-13(19)8-6-12)17(21)14(18(22)23)9-20(16)11(3)4/h5-11H,1-4H3,(H,22,23). The first-order valence-electron chi connectivity index (χ1n) is 7.52. The van der Waals surface area contributed by atoms with Gasteiger partial charge in [0.05, 0.1) is 0 Å². The van der Waals surface area contributed by atoms with Crippen LogP contribution >= 0.6 is 0 Å². The molecule has 1 aromatic carbocycles. The highest BCUT2D eigenvalue weighted by Crippen LogP contribution is 2.29. The minimum Gasteiger partial charge on any atom is -0.477 e. The molecule has 0 saturated carbocycles. The summed E-state index contributed by atoms with van der Waals surface area (Å²) >= 11 is 0. The van der Waals surface area contributed by atoms with Crippen molar-refractivity contribution in [2.75, 3.05) is 0 Å². The Bertz CT molecular complexity index is 789. The summed E-state index contributed by atoms with van der Waals surface area (Å²) in [6.45, 7) is 7.75. The average Bonchev–Trinajstić information content (AvgIpc) is 2.46. The number of aromatic nitrogens is 1. The van der Waals surface area contributed by atoms with E-state index in [4.69, 9.17) is 0 Å². The van der Waals surface area contributed by atoms with Crippen molar-refractivity contribution in [1.29, 1.82) is 0 Å². The third kappa shape index (κ3) is 3.18. The zero-order chi connectivity index (χ0) is 17.3. The van der Waals surface area contributed by atoms with Gasteiger partial charge in [0.1, 0.15) is 11.4 Å². The first-order chi connectivity index (χ1) is 10.7. The number of aromatic carboxylic acids is 1. The molecule has 0 aliphatic carbocycles. The fourth-order valence-electron chi connectivity index (χ4n) is 2.71. The van der Waals surface area contributed by atoms with Gasteiger partial charge in [0, 0.05) is 23.5 Å². The highest BCUT2D eigenvalue weighted by molar-refractivity contribution is 5.89. The topological polar surface area (TPSA) is 59.3 Å². The Morgan fingerprint density at radius 2 is 1.70 bits per heavy atom. The lowest BCUT2D eigenvalue weighted by Crippen LogP contribution is -2.25. The van der Waals surface area contributed by atoms with Gasteiger partial charge in [0.15, 0.2) is 0 Å². The molecule has 1 N–H and O–H groups in total. The Hall–Kier alpha value is -2.43. The zero-order valence-corrected chi connectivity index (χ0v) is 13.6. The molecule has 0 aliphatic rings.